The molecule has 0 aliphatic rings. The van der Waals surface area contributed by atoms with Crippen LogP contribution in [0.25, 0.3) is 21.8 Å². The van der Waals surface area contributed by atoms with E-state index >= 15 is 0 Å². The third-order valence-corrected chi connectivity index (χ3v) is 4.62. The minimum atomic E-state index is 0.610. The van der Waals surface area contributed by atoms with Gasteiger partial charge in [0.25, 0.3) is 0 Å². The second kappa shape index (κ2) is 6.73. The molecule has 112 valence electrons. The Labute approximate surface area is 134 Å². The van der Waals surface area contributed by atoms with Gasteiger partial charge in [0.1, 0.15) is 10.8 Å². The summed E-state index contributed by atoms with van der Waals surface area (Å²) >= 11 is 1.70. The molecular formula is C18H18N2OS. The van der Waals surface area contributed by atoms with Gasteiger partial charge in [0.2, 0.25) is 0 Å². The number of nitrogens with zero attached hydrogens (tertiary/aromatic N) is 1. The average molecular weight is 310 g/mol. The van der Waals surface area contributed by atoms with Crippen LogP contribution in [0.5, 0.6) is 5.75 Å². The maximum absolute atomic E-state index is 5.77. The molecule has 0 bridgehead atoms. The van der Waals surface area contributed by atoms with Crippen molar-refractivity contribution in [3.63, 3.8) is 0 Å². The van der Waals surface area contributed by atoms with E-state index in [2.05, 4.69) is 12.1 Å². The molecule has 0 fully saturated rings. The predicted octanol–water partition coefficient (Wildman–Crippen LogP) is 3.99. The summed E-state index contributed by atoms with van der Waals surface area (Å²) in [6, 6.07) is 18.2. The van der Waals surface area contributed by atoms with E-state index in [1.807, 2.05) is 42.5 Å². The lowest BCUT2D eigenvalue weighted by Gasteiger charge is -2.07. The van der Waals surface area contributed by atoms with Crippen LogP contribution < -0.4 is 10.5 Å². The van der Waals surface area contributed by atoms with Gasteiger partial charge in [0.15, 0.2) is 0 Å². The molecule has 22 heavy (non-hydrogen) atoms. The molecule has 0 radical (unpaired) electrons. The van der Waals surface area contributed by atoms with Crippen LogP contribution >= 0.6 is 11.3 Å². The Balaban J connectivity index is 2.12. The topological polar surface area (TPSA) is 48.1 Å². The first-order valence-corrected chi connectivity index (χ1v) is 8.03. The number of methoxy groups -OCH3 is 1. The Kier molecular flexibility index (Phi) is 4.51. The highest BCUT2D eigenvalue weighted by Gasteiger charge is 2.16. The second-order valence-electron chi connectivity index (χ2n) is 4.90. The van der Waals surface area contributed by atoms with Crippen LogP contribution in [0.4, 0.5) is 0 Å². The van der Waals surface area contributed by atoms with Crippen molar-refractivity contribution in [3.05, 3.63) is 59.5 Å². The summed E-state index contributed by atoms with van der Waals surface area (Å²) < 4.78 is 5.48. The number of thiazole rings is 1. The van der Waals surface area contributed by atoms with Gasteiger partial charge in [-0.25, -0.2) is 4.98 Å². The van der Waals surface area contributed by atoms with E-state index in [-0.39, 0.29) is 0 Å². The summed E-state index contributed by atoms with van der Waals surface area (Å²) in [7, 11) is 1.69. The Hall–Kier alpha value is -2.17. The van der Waals surface area contributed by atoms with Gasteiger partial charge in [0.05, 0.1) is 12.8 Å². The van der Waals surface area contributed by atoms with Crippen molar-refractivity contribution in [2.24, 2.45) is 5.73 Å². The molecule has 0 aliphatic heterocycles. The summed E-state index contributed by atoms with van der Waals surface area (Å²) in [5.41, 5.74) is 8.90. The molecule has 2 N–H and O–H groups in total. The standard InChI is InChI=1S/C18H18N2OS/c1-21-15-10-6-5-9-14(15)17-16(11-12-19)22-18(20-17)13-7-3-2-4-8-13/h2-10H,11-12,19H2,1H3. The smallest absolute Gasteiger partial charge is 0.128 e. The number of nitrogens with two attached hydrogens (primary N) is 1. The van der Waals surface area contributed by atoms with Crippen molar-refractivity contribution >= 4 is 11.3 Å². The number of ether oxygens (including phenoxy) is 1. The van der Waals surface area contributed by atoms with E-state index < -0.39 is 0 Å². The van der Waals surface area contributed by atoms with Crippen LogP contribution in [-0.4, -0.2) is 18.6 Å². The molecular weight excluding hydrogens is 292 g/mol. The normalized spacial score (nSPS) is 10.6. The van der Waals surface area contributed by atoms with Gasteiger partial charge in [-0.1, -0.05) is 42.5 Å². The summed E-state index contributed by atoms with van der Waals surface area (Å²) in [4.78, 5) is 6.06. The van der Waals surface area contributed by atoms with Crippen LogP contribution in [0.3, 0.4) is 0 Å². The fraction of sp³-hybridized carbons (Fsp3) is 0.167. The zero-order valence-corrected chi connectivity index (χ0v) is 13.3. The number of rotatable bonds is 5. The van der Waals surface area contributed by atoms with Gasteiger partial charge in [0, 0.05) is 16.0 Å². The van der Waals surface area contributed by atoms with Crippen molar-refractivity contribution < 1.29 is 4.74 Å². The van der Waals surface area contributed by atoms with Gasteiger partial charge in [-0.05, 0) is 25.1 Å². The van der Waals surface area contributed by atoms with Crippen LogP contribution in [0.1, 0.15) is 4.88 Å². The lowest BCUT2D eigenvalue weighted by molar-refractivity contribution is 0.416. The van der Waals surface area contributed by atoms with Gasteiger partial charge in [-0.15, -0.1) is 11.3 Å². The summed E-state index contributed by atoms with van der Waals surface area (Å²) in [5, 5.41) is 1.02. The SMILES string of the molecule is COc1ccccc1-c1nc(-c2ccccc2)sc1CCN. The van der Waals surface area contributed by atoms with Crippen molar-refractivity contribution in [3.8, 4) is 27.6 Å². The molecule has 3 aromatic rings. The molecule has 0 unspecified atom stereocenters. The van der Waals surface area contributed by atoms with Crippen LogP contribution in [0.2, 0.25) is 0 Å². The summed E-state index contributed by atoms with van der Waals surface area (Å²) in [6.45, 7) is 0.610. The van der Waals surface area contributed by atoms with E-state index in [4.69, 9.17) is 15.5 Å². The number of benzene rings is 2. The lowest BCUT2D eigenvalue weighted by Crippen LogP contribution is -2.02. The van der Waals surface area contributed by atoms with Crippen LogP contribution in [0.15, 0.2) is 54.6 Å². The number of para-hydroxylation sites is 1. The number of aromatic nitrogens is 1. The van der Waals surface area contributed by atoms with E-state index in [0.717, 1.165) is 34.0 Å². The highest BCUT2D eigenvalue weighted by Crippen LogP contribution is 2.37. The van der Waals surface area contributed by atoms with Crippen molar-refractivity contribution in [2.45, 2.75) is 6.42 Å². The average Bonchev–Trinajstić information content (AvgIpc) is 3.00. The molecule has 0 aliphatic carbocycles. The fourth-order valence-electron chi connectivity index (χ4n) is 2.41. The Morgan fingerprint density at radius 2 is 1.77 bits per heavy atom. The van der Waals surface area contributed by atoms with Gasteiger partial charge in [-0.2, -0.15) is 0 Å². The summed E-state index contributed by atoms with van der Waals surface area (Å²) in [5.74, 6) is 0.839. The molecule has 4 heteroatoms. The molecule has 3 nitrogen and oxygen atoms in total. The van der Waals surface area contributed by atoms with Gasteiger partial charge in [-0.3, -0.25) is 0 Å². The third-order valence-electron chi connectivity index (χ3n) is 3.45. The molecule has 1 heterocycles. The van der Waals surface area contributed by atoms with Gasteiger partial charge >= 0.3 is 0 Å². The van der Waals surface area contributed by atoms with Crippen LogP contribution in [0, 0.1) is 0 Å². The second-order valence-corrected chi connectivity index (χ2v) is 5.98. The first kappa shape index (κ1) is 14.8. The molecule has 0 amide bonds. The van der Waals surface area contributed by atoms with E-state index in [9.17, 15) is 0 Å². The fourth-order valence-corrected chi connectivity index (χ4v) is 3.50. The predicted molar refractivity (Wildman–Crippen MR) is 92.3 cm³/mol. The Bertz CT molecular complexity index is 753. The molecule has 1 aromatic heterocycles. The minimum Gasteiger partial charge on any atom is -0.496 e. The summed E-state index contributed by atoms with van der Waals surface area (Å²) in [6.07, 6.45) is 0.817. The zero-order chi connectivity index (χ0) is 15.4. The molecule has 0 spiro atoms. The molecule has 3 rings (SSSR count). The maximum Gasteiger partial charge on any atom is 0.128 e. The lowest BCUT2D eigenvalue weighted by atomic mass is 10.1. The molecule has 0 atom stereocenters. The third kappa shape index (κ3) is 2.89. The van der Waals surface area contributed by atoms with E-state index in [0.29, 0.717) is 6.54 Å². The zero-order valence-electron chi connectivity index (χ0n) is 12.5. The largest absolute Gasteiger partial charge is 0.496 e. The van der Waals surface area contributed by atoms with E-state index in [1.165, 1.54) is 4.88 Å². The minimum absolute atomic E-state index is 0.610. The van der Waals surface area contributed by atoms with Crippen LogP contribution in [-0.2, 0) is 6.42 Å². The van der Waals surface area contributed by atoms with Crippen molar-refractivity contribution in [2.75, 3.05) is 13.7 Å². The molecule has 0 saturated carbocycles. The quantitative estimate of drug-likeness (QED) is 0.775. The van der Waals surface area contributed by atoms with Crippen molar-refractivity contribution in [1.82, 2.24) is 4.98 Å². The monoisotopic (exact) mass is 310 g/mol. The first-order chi connectivity index (χ1) is 10.8. The highest BCUT2D eigenvalue weighted by molar-refractivity contribution is 7.15. The number of hydrogen-bond donors (Lipinski definition) is 1. The van der Waals surface area contributed by atoms with E-state index in [1.54, 1.807) is 18.4 Å². The Morgan fingerprint density at radius 1 is 1.05 bits per heavy atom. The first-order valence-electron chi connectivity index (χ1n) is 7.22. The molecule has 0 saturated heterocycles. The number of hydrogen-bond acceptors (Lipinski definition) is 4. The van der Waals surface area contributed by atoms with Crippen molar-refractivity contribution in [1.29, 1.82) is 0 Å². The Morgan fingerprint density at radius 3 is 2.50 bits per heavy atom. The molecule has 2 aromatic carbocycles. The maximum atomic E-state index is 5.77. The highest BCUT2D eigenvalue weighted by atomic mass is 32.1. The van der Waals surface area contributed by atoms with Gasteiger partial charge < -0.3 is 10.5 Å².